The van der Waals surface area contributed by atoms with E-state index in [9.17, 15) is 13.2 Å². The number of rotatable bonds is 3. The van der Waals surface area contributed by atoms with Crippen LogP contribution in [0.15, 0.2) is 23.3 Å². The van der Waals surface area contributed by atoms with Crippen molar-refractivity contribution in [3.63, 3.8) is 0 Å². The van der Waals surface area contributed by atoms with Crippen molar-refractivity contribution in [2.24, 2.45) is 5.41 Å². The van der Waals surface area contributed by atoms with Crippen molar-refractivity contribution < 1.29 is 13.2 Å². The van der Waals surface area contributed by atoms with Crippen LogP contribution in [0.3, 0.4) is 0 Å². The minimum Gasteiger partial charge on any atom is -0.338 e. The number of carbonyl (C=O) groups is 1. The van der Waals surface area contributed by atoms with Crippen molar-refractivity contribution in [3.05, 3.63) is 23.3 Å². The zero-order valence-corrected chi connectivity index (χ0v) is 16.2. The maximum absolute atomic E-state index is 12.5. The number of hydrogen-bond acceptors (Lipinski definition) is 3. The Bertz CT molecular complexity index is 647. The van der Waals surface area contributed by atoms with Crippen molar-refractivity contribution in [2.75, 3.05) is 32.4 Å². The van der Waals surface area contributed by atoms with Gasteiger partial charge in [-0.15, -0.1) is 0 Å². The molecule has 136 valence electrons. The van der Waals surface area contributed by atoms with Crippen LogP contribution in [0.2, 0.25) is 0 Å². The fourth-order valence-corrected chi connectivity index (χ4v) is 4.59. The van der Waals surface area contributed by atoms with Gasteiger partial charge < -0.3 is 4.90 Å². The molecule has 0 aromatic rings. The highest BCUT2D eigenvalue weighted by Gasteiger charge is 2.27. The van der Waals surface area contributed by atoms with E-state index in [4.69, 9.17) is 0 Å². The number of nitrogens with zero attached hydrogens (tertiary/aromatic N) is 2. The first kappa shape index (κ1) is 19.2. The van der Waals surface area contributed by atoms with Gasteiger partial charge in [0.25, 0.3) is 0 Å². The molecule has 1 aliphatic carbocycles. The Morgan fingerprint density at radius 1 is 1.12 bits per heavy atom. The normalized spacial score (nSPS) is 23.6. The van der Waals surface area contributed by atoms with Gasteiger partial charge in [0.15, 0.2) is 0 Å². The number of sulfonamides is 1. The Morgan fingerprint density at radius 2 is 1.83 bits per heavy atom. The molecule has 0 spiro atoms. The Balaban J connectivity index is 2.05. The largest absolute Gasteiger partial charge is 0.338 e. The van der Waals surface area contributed by atoms with Crippen LogP contribution in [-0.2, 0) is 14.8 Å². The lowest BCUT2D eigenvalue weighted by Gasteiger charge is -2.33. The van der Waals surface area contributed by atoms with E-state index in [1.54, 1.807) is 11.0 Å². The van der Waals surface area contributed by atoms with Crippen molar-refractivity contribution in [3.8, 4) is 0 Å². The SMILES string of the molecule is CC1=C(/C=C/C(=O)N2CCCN(S(C)(=O)=O)CC2)C(C)(C)CCC1. The molecular formula is C18H30N2O3S. The second-order valence-electron chi connectivity index (χ2n) is 7.61. The molecule has 5 nitrogen and oxygen atoms in total. The molecule has 0 bridgehead atoms. The summed E-state index contributed by atoms with van der Waals surface area (Å²) in [5.41, 5.74) is 2.76. The molecule has 1 amide bonds. The standard InChI is InChI=1S/C18H30N2O3S/c1-15-7-5-10-18(2,3)16(15)8-9-17(21)19-11-6-12-20(14-13-19)24(4,22)23/h8-9H,5-7,10-14H2,1-4H3/b9-8+. The van der Waals surface area contributed by atoms with E-state index in [0.717, 1.165) is 12.8 Å². The van der Waals surface area contributed by atoms with E-state index in [1.165, 1.54) is 28.1 Å². The van der Waals surface area contributed by atoms with Crippen LogP contribution in [-0.4, -0.2) is 56.0 Å². The Kier molecular flexibility index (Phi) is 5.91. The molecule has 0 N–H and O–H groups in total. The van der Waals surface area contributed by atoms with E-state index < -0.39 is 10.0 Å². The third-order valence-corrected chi connectivity index (χ3v) is 6.47. The van der Waals surface area contributed by atoms with Crippen LogP contribution in [0.5, 0.6) is 0 Å². The molecule has 0 unspecified atom stereocenters. The Hall–Kier alpha value is -1.14. The summed E-state index contributed by atoms with van der Waals surface area (Å²) in [4.78, 5) is 14.3. The minimum atomic E-state index is -3.18. The molecule has 1 saturated heterocycles. The third-order valence-electron chi connectivity index (χ3n) is 5.17. The molecule has 6 heteroatoms. The van der Waals surface area contributed by atoms with Gasteiger partial charge in [0, 0.05) is 32.3 Å². The molecule has 1 heterocycles. The fourth-order valence-electron chi connectivity index (χ4n) is 3.72. The van der Waals surface area contributed by atoms with Gasteiger partial charge in [0.1, 0.15) is 0 Å². The lowest BCUT2D eigenvalue weighted by atomic mass is 9.72. The maximum Gasteiger partial charge on any atom is 0.246 e. The summed E-state index contributed by atoms with van der Waals surface area (Å²) in [6.07, 6.45) is 9.01. The summed E-state index contributed by atoms with van der Waals surface area (Å²) in [6.45, 7) is 8.55. The lowest BCUT2D eigenvalue weighted by Crippen LogP contribution is -2.36. The number of allylic oxidation sites excluding steroid dienone is 3. The molecule has 0 saturated carbocycles. The first-order valence-corrected chi connectivity index (χ1v) is 10.6. The lowest BCUT2D eigenvalue weighted by molar-refractivity contribution is -0.125. The summed E-state index contributed by atoms with van der Waals surface area (Å²) in [5, 5.41) is 0. The van der Waals surface area contributed by atoms with E-state index in [-0.39, 0.29) is 11.3 Å². The number of carbonyl (C=O) groups excluding carboxylic acids is 1. The highest BCUT2D eigenvalue weighted by Crippen LogP contribution is 2.40. The molecule has 0 aromatic carbocycles. The Morgan fingerprint density at radius 3 is 2.46 bits per heavy atom. The van der Waals surface area contributed by atoms with Gasteiger partial charge in [0.05, 0.1) is 6.26 Å². The molecule has 1 aliphatic heterocycles. The fraction of sp³-hybridized carbons (Fsp3) is 0.722. The van der Waals surface area contributed by atoms with Crippen molar-refractivity contribution in [2.45, 2.75) is 46.5 Å². The van der Waals surface area contributed by atoms with Gasteiger partial charge in [-0.1, -0.05) is 25.5 Å². The van der Waals surface area contributed by atoms with Crippen LogP contribution < -0.4 is 0 Å². The van der Waals surface area contributed by atoms with Crippen molar-refractivity contribution in [1.29, 1.82) is 0 Å². The average Bonchev–Trinajstić information content (AvgIpc) is 2.71. The summed E-state index contributed by atoms with van der Waals surface area (Å²) in [6, 6.07) is 0. The first-order chi connectivity index (χ1) is 11.1. The summed E-state index contributed by atoms with van der Waals surface area (Å²) >= 11 is 0. The molecule has 1 fully saturated rings. The smallest absolute Gasteiger partial charge is 0.246 e. The van der Waals surface area contributed by atoms with E-state index in [1.807, 2.05) is 6.08 Å². The van der Waals surface area contributed by atoms with E-state index in [0.29, 0.717) is 32.6 Å². The van der Waals surface area contributed by atoms with Crippen LogP contribution >= 0.6 is 0 Å². The quantitative estimate of drug-likeness (QED) is 0.732. The number of hydrogen-bond donors (Lipinski definition) is 0. The van der Waals surface area contributed by atoms with Crippen LogP contribution in [0.25, 0.3) is 0 Å². The maximum atomic E-state index is 12.5. The van der Waals surface area contributed by atoms with Gasteiger partial charge >= 0.3 is 0 Å². The van der Waals surface area contributed by atoms with Gasteiger partial charge in [-0.2, -0.15) is 0 Å². The second-order valence-corrected chi connectivity index (χ2v) is 9.59. The zero-order chi connectivity index (χ0) is 18.0. The van der Waals surface area contributed by atoms with Gasteiger partial charge in [-0.05, 0) is 43.6 Å². The van der Waals surface area contributed by atoms with Crippen molar-refractivity contribution >= 4 is 15.9 Å². The summed E-state index contributed by atoms with van der Waals surface area (Å²) in [5.74, 6) is -0.0213. The predicted molar refractivity (Wildman–Crippen MR) is 97.1 cm³/mol. The summed E-state index contributed by atoms with van der Waals surface area (Å²) in [7, 11) is -3.18. The highest BCUT2D eigenvalue weighted by atomic mass is 32.2. The van der Waals surface area contributed by atoms with Crippen molar-refractivity contribution in [1.82, 2.24) is 9.21 Å². The molecule has 0 aromatic heterocycles. The van der Waals surface area contributed by atoms with E-state index in [2.05, 4.69) is 20.8 Å². The third kappa shape index (κ3) is 4.70. The monoisotopic (exact) mass is 354 g/mol. The molecule has 0 atom stereocenters. The topological polar surface area (TPSA) is 57.7 Å². The molecule has 24 heavy (non-hydrogen) atoms. The van der Waals surface area contributed by atoms with Crippen LogP contribution in [0.4, 0.5) is 0 Å². The molecule has 2 aliphatic rings. The van der Waals surface area contributed by atoms with Crippen LogP contribution in [0.1, 0.15) is 46.5 Å². The molecule has 0 radical (unpaired) electrons. The van der Waals surface area contributed by atoms with Crippen LogP contribution in [0, 0.1) is 5.41 Å². The average molecular weight is 355 g/mol. The number of amides is 1. The Labute approximate surface area is 146 Å². The van der Waals surface area contributed by atoms with E-state index >= 15 is 0 Å². The minimum absolute atomic E-state index is 0.0213. The van der Waals surface area contributed by atoms with Gasteiger partial charge in [-0.3, -0.25) is 4.79 Å². The predicted octanol–water partition coefficient (Wildman–Crippen LogP) is 2.56. The van der Waals surface area contributed by atoms with Gasteiger partial charge in [-0.25, -0.2) is 12.7 Å². The molecule has 2 rings (SSSR count). The zero-order valence-electron chi connectivity index (χ0n) is 15.3. The van der Waals surface area contributed by atoms with Gasteiger partial charge in [0.2, 0.25) is 15.9 Å². The highest BCUT2D eigenvalue weighted by molar-refractivity contribution is 7.88. The first-order valence-electron chi connectivity index (χ1n) is 8.73. The summed E-state index contributed by atoms with van der Waals surface area (Å²) < 4.78 is 24.8. The second kappa shape index (κ2) is 7.40. The molecular weight excluding hydrogens is 324 g/mol.